The first kappa shape index (κ1) is 28.2. The highest BCUT2D eigenvalue weighted by molar-refractivity contribution is 5.75. The number of unbranched alkanes of at least 4 members (excludes halogenated alkanes) is 5. The lowest BCUT2D eigenvalue weighted by molar-refractivity contribution is -0.140. The molecule has 3 rings (SSSR count). The molecule has 1 fully saturated rings. The molecule has 0 saturated heterocycles. The maximum Gasteiger partial charge on any atom is 0.314 e. The molecule has 1 aliphatic rings. The van der Waals surface area contributed by atoms with Gasteiger partial charge in [-0.1, -0.05) is 72.1 Å². The van der Waals surface area contributed by atoms with Gasteiger partial charge >= 0.3 is 5.97 Å². The summed E-state index contributed by atoms with van der Waals surface area (Å²) in [5, 5.41) is 0. The van der Waals surface area contributed by atoms with E-state index in [0.29, 0.717) is 5.75 Å². The Morgan fingerprint density at radius 1 is 0.889 bits per heavy atom. The predicted molar refractivity (Wildman–Crippen MR) is 148 cm³/mol. The number of hydrogen-bond donors (Lipinski definition) is 0. The molecule has 0 aliphatic heterocycles. The van der Waals surface area contributed by atoms with Gasteiger partial charge in [-0.25, -0.2) is 0 Å². The first-order chi connectivity index (χ1) is 17.5. The Morgan fingerprint density at radius 3 is 2.25 bits per heavy atom. The summed E-state index contributed by atoms with van der Waals surface area (Å²) >= 11 is 0. The molecule has 4 heteroatoms. The van der Waals surface area contributed by atoms with Crippen LogP contribution in [0, 0.1) is 17.8 Å². The summed E-state index contributed by atoms with van der Waals surface area (Å²) in [5.74, 6) is 2.91. The molecule has 0 N–H and O–H groups in total. The zero-order chi connectivity index (χ0) is 25.6. The van der Waals surface area contributed by atoms with E-state index < -0.39 is 0 Å². The summed E-state index contributed by atoms with van der Waals surface area (Å²) in [4.78, 5) is 17.2. The number of carbonyl (C=O) groups is 1. The van der Waals surface area contributed by atoms with E-state index in [-0.39, 0.29) is 11.9 Å². The Hall–Kier alpha value is -2.36. The monoisotopic (exact) mass is 493 g/mol. The Kier molecular flexibility index (Phi) is 12.3. The van der Waals surface area contributed by atoms with Crippen LogP contribution in [0.2, 0.25) is 0 Å². The van der Waals surface area contributed by atoms with Gasteiger partial charge in [0.25, 0.3) is 0 Å². The average molecular weight is 494 g/mol. The molecule has 0 unspecified atom stereocenters. The van der Waals surface area contributed by atoms with Crippen molar-refractivity contribution >= 4 is 5.97 Å². The van der Waals surface area contributed by atoms with E-state index in [1.807, 2.05) is 36.4 Å². The second-order valence-electron chi connectivity index (χ2n) is 11.0. The molecular formula is C32H47NO3. The summed E-state index contributed by atoms with van der Waals surface area (Å²) in [7, 11) is 0. The van der Waals surface area contributed by atoms with E-state index in [9.17, 15) is 4.79 Å². The molecule has 1 saturated carbocycles. The molecule has 4 nitrogen and oxygen atoms in total. The normalized spacial score (nSPS) is 17.8. The number of carbonyl (C=O) groups excluding carboxylic acids is 1. The summed E-state index contributed by atoms with van der Waals surface area (Å²) in [6, 6.07) is 11.8. The van der Waals surface area contributed by atoms with Crippen molar-refractivity contribution in [2.45, 2.75) is 104 Å². The fourth-order valence-corrected chi connectivity index (χ4v) is 5.11. The van der Waals surface area contributed by atoms with Gasteiger partial charge in [0.15, 0.2) is 0 Å². The Labute approximate surface area is 219 Å². The van der Waals surface area contributed by atoms with Crippen molar-refractivity contribution in [1.29, 1.82) is 0 Å². The quantitative estimate of drug-likeness (QED) is 0.183. The highest BCUT2D eigenvalue weighted by atomic mass is 16.5. The zero-order valence-corrected chi connectivity index (χ0v) is 22.8. The molecule has 198 valence electrons. The lowest BCUT2D eigenvalue weighted by Crippen LogP contribution is -2.25. The van der Waals surface area contributed by atoms with Gasteiger partial charge in [-0.05, 0) is 80.3 Å². The van der Waals surface area contributed by atoms with Gasteiger partial charge in [0.2, 0.25) is 0 Å². The second-order valence-corrected chi connectivity index (χ2v) is 11.0. The van der Waals surface area contributed by atoms with Gasteiger partial charge in [0.05, 0.1) is 24.4 Å². The minimum atomic E-state index is -0.1000. The zero-order valence-electron chi connectivity index (χ0n) is 22.8. The van der Waals surface area contributed by atoms with E-state index >= 15 is 0 Å². The van der Waals surface area contributed by atoms with Crippen molar-refractivity contribution < 1.29 is 14.3 Å². The summed E-state index contributed by atoms with van der Waals surface area (Å²) < 4.78 is 11.6. The lowest BCUT2D eigenvalue weighted by Gasteiger charge is -2.27. The summed E-state index contributed by atoms with van der Waals surface area (Å²) in [6.07, 6.45) is 17.4. The van der Waals surface area contributed by atoms with Crippen LogP contribution < -0.4 is 9.47 Å². The third-order valence-electron chi connectivity index (χ3n) is 7.45. The van der Waals surface area contributed by atoms with Gasteiger partial charge in [-0.3, -0.25) is 9.78 Å². The Bertz CT molecular complexity index is 867. The maximum absolute atomic E-state index is 12.7. The highest BCUT2D eigenvalue weighted by Crippen LogP contribution is 2.33. The van der Waals surface area contributed by atoms with Crippen molar-refractivity contribution in [3.8, 4) is 22.8 Å². The summed E-state index contributed by atoms with van der Waals surface area (Å²) in [6.45, 7) is 7.59. The number of rotatable bonds is 15. The van der Waals surface area contributed by atoms with Gasteiger partial charge in [-0.15, -0.1) is 0 Å². The first-order valence-electron chi connectivity index (χ1n) is 14.5. The number of ether oxygens (including phenoxy) is 2. The van der Waals surface area contributed by atoms with Gasteiger partial charge in [-0.2, -0.15) is 0 Å². The number of hydrogen-bond acceptors (Lipinski definition) is 4. The predicted octanol–water partition coefficient (Wildman–Crippen LogP) is 9.03. The number of nitrogens with zero attached hydrogens (tertiary/aromatic N) is 1. The smallest absolute Gasteiger partial charge is 0.314 e. The molecule has 1 aromatic heterocycles. The topological polar surface area (TPSA) is 48.4 Å². The first-order valence-corrected chi connectivity index (χ1v) is 14.5. The third-order valence-corrected chi connectivity index (χ3v) is 7.45. The fraction of sp³-hybridized carbons (Fsp3) is 0.625. The molecule has 0 amide bonds. The molecule has 1 heterocycles. The second kappa shape index (κ2) is 15.7. The molecular weight excluding hydrogens is 446 g/mol. The lowest BCUT2D eigenvalue weighted by atomic mass is 9.79. The number of pyridine rings is 1. The van der Waals surface area contributed by atoms with Crippen LogP contribution in [-0.4, -0.2) is 17.6 Å². The molecule has 0 spiro atoms. The molecule has 0 radical (unpaired) electrons. The van der Waals surface area contributed by atoms with Crippen LogP contribution in [0.15, 0.2) is 42.6 Å². The molecule has 0 bridgehead atoms. The summed E-state index contributed by atoms with van der Waals surface area (Å²) in [5.41, 5.74) is 1.88. The SMILES string of the molecule is CCCCCCCCOc1ccc(-c2ccc(OC(=O)C3CCC(CCCC(C)C)CC3)cn2)cc1. The molecule has 1 aromatic carbocycles. The van der Waals surface area contributed by atoms with E-state index in [1.54, 1.807) is 6.20 Å². The highest BCUT2D eigenvalue weighted by Gasteiger charge is 2.27. The molecule has 36 heavy (non-hydrogen) atoms. The number of aromatic nitrogens is 1. The standard InChI is InChI=1S/C32H47NO3/c1-4-5-6-7-8-9-23-35-29-19-17-27(18-20-29)31-22-21-30(24-33-31)36-32(34)28-15-13-26(14-16-28)12-10-11-25(2)3/h17-22,24-26,28H,4-16,23H2,1-3H3. The van der Waals surface area contributed by atoms with Crippen molar-refractivity contribution in [1.82, 2.24) is 4.98 Å². The van der Waals surface area contributed by atoms with E-state index in [1.165, 1.54) is 51.4 Å². The maximum atomic E-state index is 12.7. The van der Waals surface area contributed by atoms with Crippen molar-refractivity contribution in [2.24, 2.45) is 17.8 Å². The van der Waals surface area contributed by atoms with Crippen molar-refractivity contribution in [3.63, 3.8) is 0 Å². The van der Waals surface area contributed by atoms with Crippen LogP contribution in [-0.2, 0) is 4.79 Å². The molecule has 2 aromatic rings. The van der Waals surface area contributed by atoms with Crippen LogP contribution in [0.25, 0.3) is 11.3 Å². The van der Waals surface area contributed by atoms with E-state index in [2.05, 4.69) is 25.8 Å². The van der Waals surface area contributed by atoms with Gasteiger partial charge in [0, 0.05) is 5.56 Å². The minimum Gasteiger partial charge on any atom is -0.494 e. The van der Waals surface area contributed by atoms with E-state index in [4.69, 9.17) is 9.47 Å². The Morgan fingerprint density at radius 2 is 1.58 bits per heavy atom. The third kappa shape index (κ3) is 9.95. The Balaban J connectivity index is 1.38. The van der Waals surface area contributed by atoms with Crippen LogP contribution in [0.3, 0.4) is 0 Å². The van der Waals surface area contributed by atoms with Crippen molar-refractivity contribution in [3.05, 3.63) is 42.6 Å². The van der Waals surface area contributed by atoms with Crippen molar-refractivity contribution in [2.75, 3.05) is 6.61 Å². The van der Waals surface area contributed by atoms with Crippen LogP contribution in [0.1, 0.15) is 104 Å². The number of benzene rings is 1. The average Bonchev–Trinajstić information content (AvgIpc) is 2.89. The van der Waals surface area contributed by atoms with E-state index in [0.717, 1.165) is 67.6 Å². The van der Waals surface area contributed by atoms with Crippen LogP contribution in [0.4, 0.5) is 0 Å². The van der Waals surface area contributed by atoms with Gasteiger partial charge in [0.1, 0.15) is 11.5 Å². The molecule has 0 atom stereocenters. The number of esters is 1. The van der Waals surface area contributed by atoms with Crippen LogP contribution >= 0.6 is 0 Å². The van der Waals surface area contributed by atoms with Gasteiger partial charge < -0.3 is 9.47 Å². The van der Waals surface area contributed by atoms with Crippen LogP contribution in [0.5, 0.6) is 11.5 Å². The largest absolute Gasteiger partial charge is 0.494 e. The fourth-order valence-electron chi connectivity index (χ4n) is 5.11. The minimum absolute atomic E-state index is 0.0231. The molecule has 1 aliphatic carbocycles.